The van der Waals surface area contributed by atoms with Gasteiger partial charge in [-0.1, -0.05) is 36.8 Å². The summed E-state index contributed by atoms with van der Waals surface area (Å²) in [5.41, 5.74) is 12.4. The minimum Gasteiger partial charge on any atom is -0.508 e. The SMILES string of the molecule is CCC(C)(C)NC(=O)[C@H](c1ccc(O)cc1)N(C(=O)c1snc(C(N)=O)c1N)c1ccc(C)cc1. The number of primary amides is 1. The Balaban J connectivity index is 2.22. The van der Waals surface area contributed by atoms with E-state index in [1.165, 1.54) is 17.0 Å². The van der Waals surface area contributed by atoms with Crippen LogP contribution in [0.1, 0.15) is 64.5 Å². The van der Waals surface area contributed by atoms with Crippen LogP contribution in [-0.2, 0) is 4.79 Å². The Bertz CT molecular complexity index is 1240. The number of phenolic OH excluding ortho intramolecular Hbond substituents is 1. The number of amides is 3. The van der Waals surface area contributed by atoms with Crippen molar-refractivity contribution in [1.82, 2.24) is 9.69 Å². The molecule has 10 heteroatoms. The molecule has 0 aliphatic carbocycles. The summed E-state index contributed by atoms with van der Waals surface area (Å²) >= 11 is 0.744. The fourth-order valence-corrected chi connectivity index (χ4v) is 4.13. The molecule has 3 amide bonds. The zero-order chi connectivity index (χ0) is 25.9. The highest BCUT2D eigenvalue weighted by molar-refractivity contribution is 7.09. The monoisotopic (exact) mass is 495 g/mol. The lowest BCUT2D eigenvalue weighted by Crippen LogP contribution is -2.50. The van der Waals surface area contributed by atoms with Crippen molar-refractivity contribution in [3.63, 3.8) is 0 Å². The fourth-order valence-electron chi connectivity index (χ4n) is 3.39. The summed E-state index contributed by atoms with van der Waals surface area (Å²) in [5, 5.41) is 12.8. The first kappa shape index (κ1) is 25.7. The van der Waals surface area contributed by atoms with Gasteiger partial charge in [0.1, 0.15) is 16.7 Å². The molecule has 3 aromatic rings. The van der Waals surface area contributed by atoms with E-state index in [0.29, 0.717) is 17.7 Å². The molecule has 1 heterocycles. The third-order valence-electron chi connectivity index (χ3n) is 5.75. The lowest BCUT2D eigenvalue weighted by molar-refractivity contribution is -0.124. The molecule has 1 aromatic heterocycles. The maximum Gasteiger partial charge on any atom is 0.273 e. The van der Waals surface area contributed by atoms with Crippen molar-refractivity contribution in [2.24, 2.45) is 5.73 Å². The van der Waals surface area contributed by atoms with E-state index in [2.05, 4.69) is 9.69 Å². The van der Waals surface area contributed by atoms with Crippen molar-refractivity contribution >= 4 is 40.6 Å². The molecule has 0 saturated heterocycles. The molecule has 0 fully saturated rings. The average molecular weight is 496 g/mol. The van der Waals surface area contributed by atoms with Crippen molar-refractivity contribution < 1.29 is 19.5 Å². The molecule has 0 saturated carbocycles. The number of nitrogens with one attached hydrogen (secondary N) is 1. The molecule has 9 nitrogen and oxygen atoms in total. The maximum atomic E-state index is 13.9. The number of carbonyl (C=O) groups is 3. The predicted octanol–water partition coefficient (Wildman–Crippen LogP) is 3.53. The third kappa shape index (κ3) is 5.60. The third-order valence-corrected chi connectivity index (χ3v) is 6.60. The Morgan fingerprint density at radius 3 is 2.23 bits per heavy atom. The number of aromatic hydroxyl groups is 1. The summed E-state index contributed by atoms with van der Waals surface area (Å²) in [4.78, 5) is 40.7. The van der Waals surface area contributed by atoms with Gasteiger partial charge >= 0.3 is 0 Å². The number of anilines is 2. The van der Waals surface area contributed by atoms with Gasteiger partial charge in [-0.15, -0.1) is 0 Å². The van der Waals surface area contributed by atoms with Crippen molar-refractivity contribution in [2.75, 3.05) is 10.6 Å². The van der Waals surface area contributed by atoms with Gasteiger partial charge in [0, 0.05) is 11.2 Å². The summed E-state index contributed by atoms with van der Waals surface area (Å²) in [5.74, 6) is -1.86. The second-order valence-electron chi connectivity index (χ2n) is 8.87. The fraction of sp³-hybridized carbons (Fsp3) is 0.280. The zero-order valence-electron chi connectivity index (χ0n) is 20.0. The largest absolute Gasteiger partial charge is 0.508 e. The van der Waals surface area contributed by atoms with Gasteiger partial charge < -0.3 is 21.9 Å². The van der Waals surface area contributed by atoms with Crippen LogP contribution < -0.4 is 21.7 Å². The van der Waals surface area contributed by atoms with Crippen LogP contribution in [0.3, 0.4) is 0 Å². The first-order chi connectivity index (χ1) is 16.4. The summed E-state index contributed by atoms with van der Waals surface area (Å²) in [7, 11) is 0. The van der Waals surface area contributed by atoms with Gasteiger partial charge in [0.2, 0.25) is 5.91 Å². The predicted molar refractivity (Wildman–Crippen MR) is 136 cm³/mol. The number of aromatic nitrogens is 1. The molecule has 0 radical (unpaired) electrons. The average Bonchev–Trinajstić information content (AvgIpc) is 3.20. The highest BCUT2D eigenvalue weighted by Gasteiger charge is 2.37. The van der Waals surface area contributed by atoms with Gasteiger partial charge in [0.25, 0.3) is 11.8 Å². The van der Waals surface area contributed by atoms with E-state index in [0.717, 1.165) is 17.1 Å². The Hall–Kier alpha value is -3.92. The number of rotatable bonds is 8. The van der Waals surface area contributed by atoms with Gasteiger partial charge in [-0.2, -0.15) is 4.37 Å². The number of hydrogen-bond donors (Lipinski definition) is 4. The maximum absolute atomic E-state index is 13.9. The molecule has 2 aromatic carbocycles. The molecule has 0 aliphatic rings. The second-order valence-corrected chi connectivity index (χ2v) is 9.64. The molecule has 3 rings (SSSR count). The second kappa shape index (κ2) is 10.1. The van der Waals surface area contributed by atoms with Gasteiger partial charge in [-0.25, -0.2) is 0 Å². The van der Waals surface area contributed by atoms with Crippen LogP contribution in [0.4, 0.5) is 11.4 Å². The van der Waals surface area contributed by atoms with Gasteiger partial charge in [-0.05, 0) is 68.6 Å². The highest BCUT2D eigenvalue weighted by atomic mass is 32.1. The number of phenols is 1. The number of aryl methyl sites for hydroxylation is 1. The molecule has 184 valence electrons. The molecule has 1 atom stereocenters. The quantitative estimate of drug-likeness (QED) is 0.375. The van der Waals surface area contributed by atoms with Crippen LogP contribution in [0.25, 0.3) is 0 Å². The number of nitrogen functional groups attached to an aromatic ring is 1. The molecule has 6 N–H and O–H groups in total. The first-order valence-electron chi connectivity index (χ1n) is 11.0. The Labute approximate surface area is 207 Å². The normalized spacial score (nSPS) is 12.1. The topological polar surface area (TPSA) is 152 Å². The van der Waals surface area contributed by atoms with Crippen LogP contribution in [0.5, 0.6) is 5.75 Å². The Kier molecular flexibility index (Phi) is 7.45. The van der Waals surface area contributed by atoms with Crippen LogP contribution in [0, 0.1) is 6.92 Å². The van der Waals surface area contributed by atoms with E-state index < -0.39 is 29.3 Å². The summed E-state index contributed by atoms with van der Waals surface area (Å²) in [6, 6.07) is 12.0. The smallest absolute Gasteiger partial charge is 0.273 e. The van der Waals surface area contributed by atoms with Gasteiger partial charge in [-0.3, -0.25) is 19.3 Å². The van der Waals surface area contributed by atoms with E-state index in [1.54, 1.807) is 24.3 Å². The molecule has 0 aliphatic heterocycles. The first-order valence-corrected chi connectivity index (χ1v) is 11.8. The van der Waals surface area contributed by atoms with Crippen LogP contribution in [0.15, 0.2) is 48.5 Å². The van der Waals surface area contributed by atoms with Crippen LogP contribution in [0.2, 0.25) is 0 Å². The zero-order valence-corrected chi connectivity index (χ0v) is 20.8. The highest BCUT2D eigenvalue weighted by Crippen LogP contribution is 2.34. The lowest BCUT2D eigenvalue weighted by atomic mass is 9.98. The van der Waals surface area contributed by atoms with Crippen molar-refractivity contribution in [3.8, 4) is 5.75 Å². The summed E-state index contributed by atoms with van der Waals surface area (Å²) in [6.07, 6.45) is 0.656. The van der Waals surface area contributed by atoms with E-state index in [-0.39, 0.29) is 22.0 Å². The number of carbonyl (C=O) groups excluding carboxylic acids is 3. The molecule has 0 spiro atoms. The van der Waals surface area contributed by atoms with E-state index in [9.17, 15) is 19.5 Å². The van der Waals surface area contributed by atoms with Crippen molar-refractivity contribution in [2.45, 2.75) is 45.7 Å². The summed E-state index contributed by atoms with van der Waals surface area (Å²) in [6.45, 7) is 7.63. The number of benzene rings is 2. The van der Waals surface area contributed by atoms with E-state index >= 15 is 0 Å². The van der Waals surface area contributed by atoms with Crippen molar-refractivity contribution in [1.29, 1.82) is 0 Å². The lowest BCUT2D eigenvalue weighted by Gasteiger charge is -2.34. The molecule has 35 heavy (non-hydrogen) atoms. The molecule has 0 unspecified atom stereocenters. The molecule has 0 bridgehead atoms. The standard InChI is InChI=1S/C25H29N5O4S/c1-5-25(3,4)28-23(33)20(15-8-12-17(31)13-9-15)30(16-10-6-14(2)7-11-16)24(34)21-18(26)19(22(27)32)29-35-21/h6-13,20,31H,5,26H2,1-4H3,(H2,27,32)(H,28,33)/t20-/m0/s1. The number of nitrogens with two attached hydrogens (primary N) is 2. The summed E-state index contributed by atoms with van der Waals surface area (Å²) < 4.78 is 3.95. The Morgan fingerprint density at radius 1 is 1.11 bits per heavy atom. The number of nitrogens with zero attached hydrogens (tertiary/aromatic N) is 2. The molecular weight excluding hydrogens is 466 g/mol. The number of hydrogen-bond acceptors (Lipinski definition) is 7. The van der Waals surface area contributed by atoms with Gasteiger partial charge in [0.05, 0.1) is 5.69 Å². The van der Waals surface area contributed by atoms with E-state index in [4.69, 9.17) is 11.5 Å². The minimum atomic E-state index is -1.12. The van der Waals surface area contributed by atoms with Crippen LogP contribution in [-0.4, -0.2) is 32.7 Å². The van der Waals surface area contributed by atoms with Crippen LogP contribution >= 0.6 is 11.5 Å². The van der Waals surface area contributed by atoms with E-state index in [1.807, 2.05) is 39.8 Å². The Morgan fingerprint density at radius 2 is 1.71 bits per heavy atom. The van der Waals surface area contributed by atoms with Crippen molar-refractivity contribution in [3.05, 3.63) is 70.2 Å². The van der Waals surface area contributed by atoms with Gasteiger partial charge in [0.15, 0.2) is 5.69 Å². The molecular formula is C25H29N5O4S. The minimum absolute atomic E-state index is 0.00861.